The van der Waals surface area contributed by atoms with Gasteiger partial charge < -0.3 is 10.6 Å². The van der Waals surface area contributed by atoms with Gasteiger partial charge in [-0.05, 0) is 31.6 Å². The summed E-state index contributed by atoms with van der Waals surface area (Å²) < 4.78 is 0. The van der Waals surface area contributed by atoms with Gasteiger partial charge in [-0.1, -0.05) is 6.92 Å². The summed E-state index contributed by atoms with van der Waals surface area (Å²) >= 11 is 0. The quantitative estimate of drug-likeness (QED) is 0.630. The normalized spacial score (nSPS) is 23.7. The van der Waals surface area contributed by atoms with Gasteiger partial charge in [0.05, 0.1) is 0 Å². The van der Waals surface area contributed by atoms with E-state index in [0.29, 0.717) is 11.7 Å². The zero-order valence-corrected chi connectivity index (χ0v) is 11.1. The second kappa shape index (κ2) is 5.33. The van der Waals surface area contributed by atoms with E-state index in [1.54, 1.807) is 12.4 Å². The molecule has 0 amide bonds. The minimum atomic E-state index is -0.0193. The van der Waals surface area contributed by atoms with Crippen LogP contribution in [-0.4, -0.2) is 28.9 Å². The standard InChI is InChI=1S/C13H21N5/c1-9-3-5-10(6-4-9)18(2)13-11(12(14)15)16-7-8-17-13/h7-10H,3-6H2,1-2H3,(H3,14,15). The maximum atomic E-state index is 7.56. The van der Waals surface area contributed by atoms with E-state index in [-0.39, 0.29) is 5.84 Å². The molecular weight excluding hydrogens is 226 g/mol. The minimum absolute atomic E-state index is 0.0193. The summed E-state index contributed by atoms with van der Waals surface area (Å²) in [6.45, 7) is 2.31. The summed E-state index contributed by atoms with van der Waals surface area (Å²) in [5, 5.41) is 7.56. The number of rotatable bonds is 3. The Hall–Kier alpha value is -1.65. The maximum Gasteiger partial charge on any atom is 0.158 e. The fourth-order valence-corrected chi connectivity index (χ4v) is 2.58. The van der Waals surface area contributed by atoms with Crippen LogP contribution >= 0.6 is 0 Å². The van der Waals surface area contributed by atoms with Gasteiger partial charge in [0.1, 0.15) is 11.5 Å². The van der Waals surface area contributed by atoms with Gasteiger partial charge >= 0.3 is 0 Å². The highest BCUT2D eigenvalue weighted by Crippen LogP contribution is 2.29. The Morgan fingerprint density at radius 2 is 1.89 bits per heavy atom. The lowest BCUT2D eigenvalue weighted by atomic mass is 9.87. The maximum absolute atomic E-state index is 7.56. The summed E-state index contributed by atoms with van der Waals surface area (Å²) in [6, 6.07) is 0.482. The van der Waals surface area contributed by atoms with Crippen molar-refractivity contribution < 1.29 is 0 Å². The van der Waals surface area contributed by atoms with Gasteiger partial charge in [0.2, 0.25) is 0 Å². The first-order valence-electron chi connectivity index (χ1n) is 6.47. The molecule has 18 heavy (non-hydrogen) atoms. The molecule has 1 aliphatic carbocycles. The fourth-order valence-electron chi connectivity index (χ4n) is 2.58. The fraction of sp³-hybridized carbons (Fsp3) is 0.615. The van der Waals surface area contributed by atoms with Gasteiger partial charge in [0.25, 0.3) is 0 Å². The van der Waals surface area contributed by atoms with Crippen molar-refractivity contribution in [3.05, 3.63) is 18.1 Å². The highest BCUT2D eigenvalue weighted by atomic mass is 15.2. The van der Waals surface area contributed by atoms with Crippen molar-refractivity contribution in [3.8, 4) is 0 Å². The number of nitrogens with two attached hydrogens (primary N) is 1. The molecule has 0 saturated heterocycles. The summed E-state index contributed by atoms with van der Waals surface area (Å²) in [5.41, 5.74) is 6.04. The molecule has 1 heterocycles. The predicted octanol–water partition coefficient (Wildman–Crippen LogP) is 1.78. The van der Waals surface area contributed by atoms with Crippen molar-refractivity contribution in [1.82, 2.24) is 9.97 Å². The lowest BCUT2D eigenvalue weighted by Gasteiger charge is -2.34. The first-order valence-corrected chi connectivity index (χ1v) is 6.47. The zero-order chi connectivity index (χ0) is 13.1. The molecule has 0 bridgehead atoms. The van der Waals surface area contributed by atoms with Gasteiger partial charge in [-0.2, -0.15) is 0 Å². The Bertz CT molecular complexity index is 423. The van der Waals surface area contributed by atoms with E-state index in [2.05, 4.69) is 21.8 Å². The number of anilines is 1. The van der Waals surface area contributed by atoms with Crippen LogP contribution in [0.25, 0.3) is 0 Å². The summed E-state index contributed by atoms with van der Waals surface area (Å²) in [4.78, 5) is 10.6. The van der Waals surface area contributed by atoms with Crippen molar-refractivity contribution in [2.75, 3.05) is 11.9 Å². The summed E-state index contributed by atoms with van der Waals surface area (Å²) in [6.07, 6.45) is 8.09. The molecule has 2 rings (SSSR count). The lowest BCUT2D eigenvalue weighted by molar-refractivity contribution is 0.340. The second-order valence-electron chi connectivity index (χ2n) is 5.17. The Balaban J connectivity index is 2.18. The molecule has 0 spiro atoms. The molecule has 5 nitrogen and oxygen atoms in total. The van der Waals surface area contributed by atoms with E-state index in [0.717, 1.165) is 11.7 Å². The van der Waals surface area contributed by atoms with Crippen LogP contribution in [0, 0.1) is 11.3 Å². The lowest BCUT2D eigenvalue weighted by Crippen LogP contribution is -2.37. The molecule has 1 saturated carbocycles. The molecular formula is C13H21N5. The molecule has 1 fully saturated rings. The Morgan fingerprint density at radius 3 is 2.50 bits per heavy atom. The molecule has 0 unspecified atom stereocenters. The topological polar surface area (TPSA) is 78.9 Å². The van der Waals surface area contributed by atoms with Crippen LogP contribution in [0.15, 0.2) is 12.4 Å². The van der Waals surface area contributed by atoms with Crippen LogP contribution in [0.4, 0.5) is 5.82 Å². The molecule has 0 radical (unpaired) electrons. The average molecular weight is 247 g/mol. The van der Waals surface area contributed by atoms with E-state index in [1.165, 1.54) is 25.7 Å². The van der Waals surface area contributed by atoms with E-state index in [1.807, 2.05) is 7.05 Å². The van der Waals surface area contributed by atoms with Crippen molar-refractivity contribution >= 4 is 11.7 Å². The van der Waals surface area contributed by atoms with Crippen molar-refractivity contribution in [1.29, 1.82) is 5.41 Å². The third-order valence-electron chi connectivity index (χ3n) is 3.80. The number of amidine groups is 1. The van der Waals surface area contributed by atoms with Crippen molar-refractivity contribution in [2.45, 2.75) is 38.6 Å². The molecule has 1 aromatic heterocycles. The first kappa shape index (κ1) is 12.8. The first-order chi connectivity index (χ1) is 8.59. The van der Waals surface area contributed by atoms with Crippen LogP contribution in [0.3, 0.4) is 0 Å². The summed E-state index contributed by atoms with van der Waals surface area (Å²) in [7, 11) is 2.02. The van der Waals surface area contributed by atoms with Crippen molar-refractivity contribution in [3.63, 3.8) is 0 Å². The van der Waals surface area contributed by atoms with E-state index in [4.69, 9.17) is 11.1 Å². The smallest absolute Gasteiger partial charge is 0.158 e. The number of hydrogen-bond acceptors (Lipinski definition) is 4. The average Bonchev–Trinajstić information content (AvgIpc) is 2.39. The van der Waals surface area contributed by atoms with Crippen LogP contribution in [-0.2, 0) is 0 Å². The number of nitrogens with zero attached hydrogens (tertiary/aromatic N) is 3. The number of aromatic nitrogens is 2. The van der Waals surface area contributed by atoms with E-state index >= 15 is 0 Å². The molecule has 1 aromatic rings. The molecule has 0 aromatic carbocycles. The SMILES string of the molecule is CC1CCC(N(C)c2nccnc2C(=N)N)CC1. The highest BCUT2D eigenvalue weighted by molar-refractivity contribution is 5.97. The third-order valence-corrected chi connectivity index (χ3v) is 3.80. The molecule has 5 heteroatoms. The number of hydrogen-bond donors (Lipinski definition) is 2. The number of nitrogens with one attached hydrogen (secondary N) is 1. The van der Waals surface area contributed by atoms with Gasteiger partial charge in [-0.3, -0.25) is 5.41 Å². The van der Waals surface area contributed by atoms with Gasteiger partial charge in [-0.15, -0.1) is 0 Å². The van der Waals surface area contributed by atoms with E-state index in [9.17, 15) is 0 Å². The predicted molar refractivity (Wildman–Crippen MR) is 72.9 cm³/mol. The Labute approximate surface area is 108 Å². The molecule has 98 valence electrons. The van der Waals surface area contributed by atoms with E-state index < -0.39 is 0 Å². The minimum Gasteiger partial charge on any atom is -0.382 e. The largest absolute Gasteiger partial charge is 0.382 e. The molecule has 0 aliphatic heterocycles. The van der Waals surface area contributed by atoms with Crippen LogP contribution in [0.1, 0.15) is 38.3 Å². The van der Waals surface area contributed by atoms with Gasteiger partial charge in [0.15, 0.2) is 5.82 Å². The monoisotopic (exact) mass is 247 g/mol. The van der Waals surface area contributed by atoms with Crippen molar-refractivity contribution in [2.24, 2.45) is 11.7 Å². The van der Waals surface area contributed by atoms with Crippen LogP contribution in [0.2, 0.25) is 0 Å². The Morgan fingerprint density at radius 1 is 1.28 bits per heavy atom. The second-order valence-corrected chi connectivity index (χ2v) is 5.17. The molecule has 1 aliphatic rings. The van der Waals surface area contributed by atoms with Gasteiger partial charge in [0, 0.05) is 25.5 Å². The highest BCUT2D eigenvalue weighted by Gasteiger charge is 2.24. The number of nitrogen functional groups attached to an aromatic ring is 1. The third kappa shape index (κ3) is 2.60. The van der Waals surface area contributed by atoms with Crippen LogP contribution in [0.5, 0.6) is 0 Å². The van der Waals surface area contributed by atoms with Crippen LogP contribution < -0.4 is 10.6 Å². The summed E-state index contributed by atoms with van der Waals surface area (Å²) in [5.74, 6) is 1.53. The Kier molecular flexibility index (Phi) is 3.79. The van der Waals surface area contributed by atoms with Gasteiger partial charge in [-0.25, -0.2) is 9.97 Å². The zero-order valence-electron chi connectivity index (χ0n) is 11.1. The molecule has 3 N–H and O–H groups in total. The molecule has 0 atom stereocenters.